The molecule has 26 heavy (non-hydrogen) atoms. The SMILES string of the molecule is Br.O=C(O)c1ccc(OCCN2C3=NC=CCN3c3ccccc32)cc1. The summed E-state index contributed by atoms with van der Waals surface area (Å²) in [5.74, 6) is 0.622. The summed E-state index contributed by atoms with van der Waals surface area (Å²) >= 11 is 0. The highest BCUT2D eigenvalue weighted by Crippen LogP contribution is 2.37. The molecule has 4 rings (SSSR count). The van der Waals surface area contributed by atoms with E-state index in [-0.39, 0.29) is 22.5 Å². The average Bonchev–Trinajstić information content (AvgIpc) is 2.97. The minimum absolute atomic E-state index is 0. The van der Waals surface area contributed by atoms with Gasteiger partial charge in [-0.1, -0.05) is 12.1 Å². The monoisotopic (exact) mass is 415 g/mol. The molecular formula is C19H18BrN3O3. The Balaban J connectivity index is 0.00000196. The van der Waals surface area contributed by atoms with Gasteiger partial charge in [0.2, 0.25) is 5.96 Å². The fourth-order valence-electron chi connectivity index (χ4n) is 3.04. The van der Waals surface area contributed by atoms with E-state index < -0.39 is 5.97 Å². The molecule has 0 atom stereocenters. The van der Waals surface area contributed by atoms with E-state index in [4.69, 9.17) is 9.84 Å². The first-order valence-corrected chi connectivity index (χ1v) is 8.07. The number of para-hydroxylation sites is 2. The zero-order chi connectivity index (χ0) is 17.2. The summed E-state index contributed by atoms with van der Waals surface area (Å²) in [4.78, 5) is 19.7. The molecule has 0 saturated heterocycles. The molecular weight excluding hydrogens is 398 g/mol. The smallest absolute Gasteiger partial charge is 0.335 e. The van der Waals surface area contributed by atoms with Crippen LogP contribution in [0.4, 0.5) is 11.4 Å². The van der Waals surface area contributed by atoms with E-state index >= 15 is 0 Å². The summed E-state index contributed by atoms with van der Waals surface area (Å²) in [6.45, 7) is 1.93. The Morgan fingerprint density at radius 3 is 2.58 bits per heavy atom. The van der Waals surface area contributed by atoms with Crippen molar-refractivity contribution in [2.45, 2.75) is 0 Å². The average molecular weight is 416 g/mol. The molecule has 0 spiro atoms. The maximum atomic E-state index is 10.9. The standard InChI is InChI=1S/C19H17N3O3.BrH/c23-18(24)14-6-8-15(9-7-14)25-13-12-22-17-5-2-1-4-16(17)21-11-3-10-20-19(21)22;/h1-10H,11-13H2,(H,23,24);1H. The third-order valence-electron chi connectivity index (χ3n) is 4.21. The number of anilines is 2. The van der Waals surface area contributed by atoms with Crippen LogP contribution < -0.4 is 14.5 Å². The molecule has 0 fully saturated rings. The topological polar surface area (TPSA) is 65.4 Å². The van der Waals surface area contributed by atoms with E-state index in [1.807, 2.05) is 24.4 Å². The van der Waals surface area contributed by atoms with Crippen LogP contribution in [0.25, 0.3) is 0 Å². The molecule has 2 heterocycles. The number of rotatable bonds is 5. The maximum absolute atomic E-state index is 10.9. The summed E-state index contributed by atoms with van der Waals surface area (Å²) in [6, 6.07) is 14.7. The van der Waals surface area contributed by atoms with Crippen molar-refractivity contribution in [3.8, 4) is 5.75 Å². The van der Waals surface area contributed by atoms with Crippen molar-refractivity contribution in [2.24, 2.45) is 4.99 Å². The number of hydrogen-bond donors (Lipinski definition) is 1. The second-order valence-corrected chi connectivity index (χ2v) is 5.74. The third kappa shape index (κ3) is 3.30. The number of fused-ring (bicyclic) bond motifs is 3. The number of carboxylic acid groups (broad SMARTS) is 1. The van der Waals surface area contributed by atoms with Crippen LogP contribution >= 0.6 is 17.0 Å². The van der Waals surface area contributed by atoms with Crippen molar-refractivity contribution in [1.82, 2.24) is 0 Å². The highest BCUT2D eigenvalue weighted by Gasteiger charge is 2.32. The fourth-order valence-corrected chi connectivity index (χ4v) is 3.04. The van der Waals surface area contributed by atoms with Crippen LogP contribution in [0.1, 0.15) is 10.4 Å². The van der Waals surface area contributed by atoms with Gasteiger partial charge in [0.25, 0.3) is 0 Å². The zero-order valence-electron chi connectivity index (χ0n) is 13.9. The molecule has 0 unspecified atom stereocenters. The van der Waals surface area contributed by atoms with Crippen LogP contribution in [0.2, 0.25) is 0 Å². The van der Waals surface area contributed by atoms with Crippen LogP contribution in [-0.2, 0) is 0 Å². The van der Waals surface area contributed by atoms with Gasteiger partial charge in [-0.3, -0.25) is 0 Å². The molecule has 0 aliphatic carbocycles. The molecule has 7 heteroatoms. The number of nitrogens with zero attached hydrogens (tertiary/aromatic N) is 3. The van der Waals surface area contributed by atoms with E-state index in [2.05, 4.69) is 26.9 Å². The number of carbonyl (C=O) groups is 1. The molecule has 1 N–H and O–H groups in total. The number of guanidine groups is 1. The van der Waals surface area contributed by atoms with Gasteiger partial charge in [-0.25, -0.2) is 9.79 Å². The van der Waals surface area contributed by atoms with E-state index in [1.54, 1.807) is 24.3 Å². The van der Waals surface area contributed by atoms with Gasteiger partial charge in [0.15, 0.2) is 0 Å². The van der Waals surface area contributed by atoms with Crippen molar-refractivity contribution in [3.63, 3.8) is 0 Å². The van der Waals surface area contributed by atoms with Gasteiger partial charge in [0, 0.05) is 12.7 Å². The van der Waals surface area contributed by atoms with Gasteiger partial charge >= 0.3 is 5.97 Å². The first kappa shape index (κ1) is 18.0. The minimum atomic E-state index is -0.941. The minimum Gasteiger partial charge on any atom is -0.492 e. The Labute approximate surface area is 161 Å². The largest absolute Gasteiger partial charge is 0.492 e. The molecule has 0 bridgehead atoms. The van der Waals surface area contributed by atoms with Crippen LogP contribution in [0.15, 0.2) is 65.8 Å². The lowest BCUT2D eigenvalue weighted by atomic mass is 10.2. The predicted octanol–water partition coefficient (Wildman–Crippen LogP) is 3.55. The fraction of sp³-hybridized carbons (Fsp3) is 0.158. The van der Waals surface area contributed by atoms with Crippen molar-refractivity contribution in [1.29, 1.82) is 0 Å². The van der Waals surface area contributed by atoms with Crippen molar-refractivity contribution in [3.05, 3.63) is 66.4 Å². The number of aromatic carboxylic acids is 1. The van der Waals surface area contributed by atoms with Crippen LogP contribution in [0.3, 0.4) is 0 Å². The lowest BCUT2D eigenvalue weighted by Crippen LogP contribution is -2.41. The first-order chi connectivity index (χ1) is 12.2. The zero-order valence-corrected chi connectivity index (χ0v) is 15.6. The molecule has 2 aliphatic heterocycles. The molecule has 2 aromatic rings. The first-order valence-electron chi connectivity index (χ1n) is 8.07. The van der Waals surface area contributed by atoms with Crippen molar-refractivity contribution in [2.75, 3.05) is 29.5 Å². The van der Waals surface area contributed by atoms with E-state index in [0.29, 0.717) is 18.9 Å². The highest BCUT2D eigenvalue weighted by atomic mass is 79.9. The van der Waals surface area contributed by atoms with Gasteiger partial charge in [0.1, 0.15) is 12.4 Å². The number of aliphatic imine (C=N–C) groups is 1. The van der Waals surface area contributed by atoms with E-state index in [1.165, 1.54) is 0 Å². The van der Waals surface area contributed by atoms with Gasteiger partial charge in [-0.05, 0) is 42.5 Å². The quantitative estimate of drug-likeness (QED) is 0.808. The summed E-state index contributed by atoms with van der Waals surface area (Å²) in [5, 5.41) is 8.93. The molecule has 134 valence electrons. The Bertz CT molecular complexity index is 865. The Morgan fingerprint density at radius 1 is 1.12 bits per heavy atom. The Hall–Kier alpha value is -2.80. The normalized spacial score (nSPS) is 14.2. The molecule has 0 radical (unpaired) electrons. The molecule has 2 aromatic carbocycles. The predicted molar refractivity (Wildman–Crippen MR) is 107 cm³/mol. The van der Waals surface area contributed by atoms with Gasteiger partial charge in [0.05, 0.1) is 23.5 Å². The second kappa shape index (κ2) is 7.61. The second-order valence-electron chi connectivity index (χ2n) is 5.74. The number of halogens is 1. The van der Waals surface area contributed by atoms with Crippen molar-refractivity contribution < 1.29 is 14.6 Å². The molecule has 0 amide bonds. The summed E-state index contributed by atoms with van der Waals surface area (Å²) in [7, 11) is 0. The molecule has 0 aromatic heterocycles. The van der Waals surface area contributed by atoms with Gasteiger partial charge in [-0.2, -0.15) is 0 Å². The summed E-state index contributed by atoms with van der Waals surface area (Å²) < 4.78 is 5.77. The lowest BCUT2D eigenvalue weighted by Gasteiger charge is -2.24. The Morgan fingerprint density at radius 2 is 1.85 bits per heavy atom. The lowest BCUT2D eigenvalue weighted by molar-refractivity contribution is 0.0697. The van der Waals surface area contributed by atoms with Crippen LogP contribution in [-0.4, -0.2) is 36.7 Å². The van der Waals surface area contributed by atoms with Crippen molar-refractivity contribution >= 4 is 40.3 Å². The van der Waals surface area contributed by atoms with Crippen LogP contribution in [0, 0.1) is 0 Å². The molecule has 0 saturated carbocycles. The number of hydrogen-bond acceptors (Lipinski definition) is 5. The summed E-state index contributed by atoms with van der Waals surface area (Å²) in [5.41, 5.74) is 2.52. The number of carboxylic acids is 1. The number of ether oxygens (including phenoxy) is 1. The van der Waals surface area contributed by atoms with E-state index in [9.17, 15) is 4.79 Å². The van der Waals surface area contributed by atoms with Gasteiger partial charge in [-0.15, -0.1) is 17.0 Å². The van der Waals surface area contributed by atoms with Crippen LogP contribution in [0.5, 0.6) is 5.75 Å². The van der Waals surface area contributed by atoms with Gasteiger partial charge < -0.3 is 19.6 Å². The summed E-state index contributed by atoms with van der Waals surface area (Å²) in [6.07, 6.45) is 3.86. The van der Waals surface area contributed by atoms with E-state index in [0.717, 1.165) is 23.9 Å². The number of benzene rings is 2. The molecule has 6 nitrogen and oxygen atoms in total. The third-order valence-corrected chi connectivity index (χ3v) is 4.21. The maximum Gasteiger partial charge on any atom is 0.335 e. The Kier molecular flexibility index (Phi) is 5.27. The highest BCUT2D eigenvalue weighted by molar-refractivity contribution is 8.93. The molecule has 2 aliphatic rings.